The van der Waals surface area contributed by atoms with Gasteiger partial charge in [0.2, 0.25) is 5.91 Å². The number of aromatic nitrogens is 3. The van der Waals surface area contributed by atoms with E-state index in [-0.39, 0.29) is 11.8 Å². The maximum absolute atomic E-state index is 12.4. The SMILES string of the molecule is CC(=O)NCc1nc(CNC(=O)c2cncn2-c2ccccc2)cs1. The van der Waals surface area contributed by atoms with Crippen molar-refractivity contribution < 1.29 is 9.59 Å². The molecule has 3 rings (SSSR count). The highest BCUT2D eigenvalue weighted by atomic mass is 32.1. The predicted molar refractivity (Wildman–Crippen MR) is 94.4 cm³/mol. The first-order valence-electron chi connectivity index (χ1n) is 7.67. The van der Waals surface area contributed by atoms with Crippen LogP contribution in [0.2, 0.25) is 0 Å². The van der Waals surface area contributed by atoms with Crippen LogP contribution in [0.25, 0.3) is 5.69 Å². The number of imidazole rings is 1. The molecule has 0 saturated heterocycles. The molecule has 0 aliphatic carbocycles. The number of nitrogens with one attached hydrogen (secondary N) is 2. The minimum Gasteiger partial charge on any atom is -0.350 e. The van der Waals surface area contributed by atoms with Crippen molar-refractivity contribution >= 4 is 23.2 Å². The highest BCUT2D eigenvalue weighted by molar-refractivity contribution is 7.09. The van der Waals surface area contributed by atoms with Crippen LogP contribution in [0.5, 0.6) is 0 Å². The fourth-order valence-electron chi connectivity index (χ4n) is 2.23. The van der Waals surface area contributed by atoms with E-state index >= 15 is 0 Å². The number of amides is 2. The van der Waals surface area contributed by atoms with Gasteiger partial charge in [-0.15, -0.1) is 11.3 Å². The van der Waals surface area contributed by atoms with Gasteiger partial charge in [0.15, 0.2) is 0 Å². The monoisotopic (exact) mass is 355 g/mol. The summed E-state index contributed by atoms with van der Waals surface area (Å²) in [5.74, 6) is -0.322. The average Bonchev–Trinajstić information content (AvgIpc) is 3.28. The van der Waals surface area contributed by atoms with E-state index in [0.717, 1.165) is 16.4 Å². The van der Waals surface area contributed by atoms with Gasteiger partial charge >= 0.3 is 0 Å². The zero-order valence-corrected chi connectivity index (χ0v) is 14.4. The quantitative estimate of drug-likeness (QED) is 0.707. The third kappa shape index (κ3) is 4.30. The summed E-state index contributed by atoms with van der Waals surface area (Å²) in [6.07, 6.45) is 3.14. The van der Waals surface area contributed by atoms with Crippen LogP contribution < -0.4 is 10.6 Å². The highest BCUT2D eigenvalue weighted by Gasteiger charge is 2.13. The van der Waals surface area contributed by atoms with E-state index in [0.29, 0.717) is 18.8 Å². The van der Waals surface area contributed by atoms with Crippen molar-refractivity contribution in [1.82, 2.24) is 25.2 Å². The molecule has 2 N–H and O–H groups in total. The lowest BCUT2D eigenvalue weighted by Crippen LogP contribution is -2.25. The van der Waals surface area contributed by atoms with E-state index in [2.05, 4.69) is 20.6 Å². The highest BCUT2D eigenvalue weighted by Crippen LogP contribution is 2.12. The summed E-state index contributed by atoms with van der Waals surface area (Å²) in [5.41, 5.74) is 2.08. The Labute approximate surface area is 148 Å². The summed E-state index contributed by atoms with van der Waals surface area (Å²) in [6.45, 7) is 2.18. The molecule has 25 heavy (non-hydrogen) atoms. The van der Waals surface area contributed by atoms with Gasteiger partial charge in [0.25, 0.3) is 5.91 Å². The Morgan fingerprint density at radius 2 is 1.96 bits per heavy atom. The molecule has 2 heterocycles. The van der Waals surface area contributed by atoms with Gasteiger partial charge in [-0.3, -0.25) is 14.2 Å². The van der Waals surface area contributed by atoms with E-state index in [1.165, 1.54) is 24.5 Å². The zero-order valence-electron chi connectivity index (χ0n) is 13.6. The first-order chi connectivity index (χ1) is 12.1. The molecule has 2 aromatic heterocycles. The van der Waals surface area contributed by atoms with E-state index in [1.807, 2.05) is 35.7 Å². The lowest BCUT2D eigenvalue weighted by molar-refractivity contribution is -0.119. The Morgan fingerprint density at radius 3 is 2.72 bits per heavy atom. The third-order valence-corrected chi connectivity index (χ3v) is 4.32. The molecule has 0 aliphatic heterocycles. The van der Waals surface area contributed by atoms with Crippen molar-refractivity contribution in [1.29, 1.82) is 0 Å². The number of carbonyl (C=O) groups excluding carboxylic acids is 2. The fraction of sp³-hybridized carbons (Fsp3) is 0.176. The molecule has 2 amide bonds. The van der Waals surface area contributed by atoms with Crippen LogP contribution in [0.1, 0.15) is 28.1 Å². The van der Waals surface area contributed by atoms with Crippen LogP contribution in [0, 0.1) is 0 Å². The van der Waals surface area contributed by atoms with Gasteiger partial charge in [-0.1, -0.05) is 18.2 Å². The van der Waals surface area contributed by atoms with Crippen LogP contribution in [0.4, 0.5) is 0 Å². The molecule has 0 fully saturated rings. The van der Waals surface area contributed by atoms with Crippen molar-refractivity contribution in [3.8, 4) is 5.69 Å². The summed E-state index contributed by atoms with van der Waals surface area (Å²) in [6, 6.07) is 9.55. The van der Waals surface area contributed by atoms with Crippen LogP contribution in [-0.4, -0.2) is 26.3 Å². The number of rotatable bonds is 6. The molecule has 0 saturated carbocycles. The minimum atomic E-state index is -0.224. The topological polar surface area (TPSA) is 88.9 Å². The smallest absolute Gasteiger partial charge is 0.270 e. The van der Waals surface area contributed by atoms with Crippen molar-refractivity contribution in [2.45, 2.75) is 20.0 Å². The number of hydrogen-bond donors (Lipinski definition) is 2. The fourth-order valence-corrected chi connectivity index (χ4v) is 2.96. The van der Waals surface area contributed by atoms with Gasteiger partial charge in [-0.2, -0.15) is 0 Å². The first kappa shape index (κ1) is 16.8. The van der Waals surface area contributed by atoms with Gasteiger partial charge < -0.3 is 10.6 Å². The maximum Gasteiger partial charge on any atom is 0.270 e. The number of nitrogens with zero attached hydrogens (tertiary/aromatic N) is 3. The Bertz CT molecular complexity index is 872. The van der Waals surface area contributed by atoms with Gasteiger partial charge in [0.05, 0.1) is 31.3 Å². The molecular formula is C17H17N5O2S. The number of para-hydroxylation sites is 1. The molecule has 0 radical (unpaired) electrons. The summed E-state index contributed by atoms with van der Waals surface area (Å²) in [4.78, 5) is 31.8. The van der Waals surface area contributed by atoms with E-state index in [9.17, 15) is 9.59 Å². The second-order valence-electron chi connectivity index (χ2n) is 5.31. The Balaban J connectivity index is 1.62. The molecule has 3 aromatic rings. The van der Waals surface area contributed by atoms with Crippen molar-refractivity contribution in [3.05, 3.63) is 64.6 Å². The van der Waals surface area contributed by atoms with Crippen LogP contribution in [0.3, 0.4) is 0 Å². The number of carbonyl (C=O) groups is 2. The molecule has 0 spiro atoms. The number of thiazole rings is 1. The molecule has 0 atom stereocenters. The summed E-state index contributed by atoms with van der Waals surface area (Å²) < 4.78 is 1.73. The van der Waals surface area contributed by atoms with Crippen molar-refractivity contribution in [2.24, 2.45) is 0 Å². The summed E-state index contributed by atoms with van der Waals surface area (Å²) in [5, 5.41) is 8.21. The lowest BCUT2D eigenvalue weighted by Gasteiger charge is -2.08. The third-order valence-electron chi connectivity index (χ3n) is 3.42. The van der Waals surface area contributed by atoms with Crippen LogP contribution in [-0.2, 0) is 17.9 Å². The Kier molecular flexibility index (Phi) is 5.20. The number of benzene rings is 1. The van der Waals surface area contributed by atoms with Crippen LogP contribution >= 0.6 is 11.3 Å². The van der Waals surface area contributed by atoms with Gasteiger partial charge in [-0.05, 0) is 12.1 Å². The second-order valence-corrected chi connectivity index (χ2v) is 6.25. The van der Waals surface area contributed by atoms with Crippen molar-refractivity contribution in [2.75, 3.05) is 0 Å². The number of hydrogen-bond acceptors (Lipinski definition) is 5. The second kappa shape index (κ2) is 7.71. The summed E-state index contributed by atoms with van der Waals surface area (Å²) in [7, 11) is 0. The molecule has 128 valence electrons. The Morgan fingerprint density at radius 1 is 1.16 bits per heavy atom. The Hall–Kier alpha value is -3.00. The minimum absolute atomic E-state index is 0.0979. The summed E-state index contributed by atoms with van der Waals surface area (Å²) >= 11 is 1.45. The van der Waals surface area contributed by atoms with Crippen molar-refractivity contribution in [3.63, 3.8) is 0 Å². The van der Waals surface area contributed by atoms with Gasteiger partial charge in [-0.25, -0.2) is 9.97 Å². The molecule has 1 aromatic carbocycles. The molecular weight excluding hydrogens is 338 g/mol. The largest absolute Gasteiger partial charge is 0.350 e. The molecule has 7 nitrogen and oxygen atoms in total. The molecule has 0 bridgehead atoms. The molecule has 0 unspecified atom stereocenters. The maximum atomic E-state index is 12.4. The predicted octanol–water partition coefficient (Wildman–Crippen LogP) is 1.89. The van der Waals surface area contributed by atoms with E-state index in [4.69, 9.17) is 0 Å². The van der Waals surface area contributed by atoms with E-state index in [1.54, 1.807) is 10.9 Å². The lowest BCUT2D eigenvalue weighted by atomic mass is 10.3. The standard InChI is InChI=1S/C17H17N5O2S/c1-12(23)19-9-16-21-13(10-25-16)7-20-17(24)15-8-18-11-22(15)14-5-3-2-4-6-14/h2-6,8,10-11H,7,9H2,1H3,(H,19,23)(H,20,24). The van der Waals surface area contributed by atoms with E-state index < -0.39 is 0 Å². The first-order valence-corrected chi connectivity index (χ1v) is 8.55. The zero-order chi connectivity index (χ0) is 17.6. The van der Waals surface area contributed by atoms with Crippen LogP contribution in [0.15, 0.2) is 48.2 Å². The van der Waals surface area contributed by atoms with Gasteiger partial charge in [0.1, 0.15) is 10.7 Å². The average molecular weight is 355 g/mol. The normalized spacial score (nSPS) is 10.4. The van der Waals surface area contributed by atoms with Gasteiger partial charge in [0, 0.05) is 18.0 Å². The molecule has 8 heteroatoms. The molecule has 0 aliphatic rings.